The second-order valence-corrected chi connectivity index (χ2v) is 7.51. The Morgan fingerprint density at radius 1 is 1.14 bits per heavy atom. The first-order chi connectivity index (χ1) is 10.7. The van der Waals surface area contributed by atoms with E-state index in [1.54, 1.807) is 7.11 Å². The molecule has 0 aromatic heterocycles. The number of hydrogen-bond donors (Lipinski definition) is 1. The lowest BCUT2D eigenvalue weighted by molar-refractivity contribution is 0.300. The van der Waals surface area contributed by atoms with E-state index in [9.17, 15) is 0 Å². The highest BCUT2D eigenvalue weighted by molar-refractivity contribution is 6.32. The number of halogens is 1. The highest BCUT2D eigenvalue weighted by Gasteiger charge is 2.34. The van der Waals surface area contributed by atoms with E-state index in [1.807, 2.05) is 0 Å². The minimum atomic E-state index is 0.127. The molecule has 3 rings (SSSR count). The first-order valence-corrected chi connectivity index (χ1v) is 9.16. The molecule has 2 fully saturated rings. The zero-order valence-corrected chi connectivity index (χ0v) is 14.4. The lowest BCUT2D eigenvalue weighted by Crippen LogP contribution is -2.37. The van der Waals surface area contributed by atoms with Crippen LogP contribution >= 0.6 is 11.6 Å². The molecule has 0 heterocycles. The molecule has 2 aliphatic carbocycles. The summed E-state index contributed by atoms with van der Waals surface area (Å²) in [6, 6.07) is 4.50. The maximum Gasteiger partial charge on any atom is 0.140 e. The fourth-order valence-electron chi connectivity index (χ4n) is 4.52. The van der Waals surface area contributed by atoms with Crippen LogP contribution in [0.25, 0.3) is 0 Å². The van der Waals surface area contributed by atoms with Crippen molar-refractivity contribution in [3.05, 3.63) is 28.3 Å². The third-order valence-corrected chi connectivity index (χ3v) is 6.17. The van der Waals surface area contributed by atoms with Crippen molar-refractivity contribution >= 4 is 11.6 Å². The van der Waals surface area contributed by atoms with Crippen molar-refractivity contribution in [2.24, 2.45) is 5.73 Å². The minimum Gasteiger partial charge on any atom is -0.495 e. The summed E-state index contributed by atoms with van der Waals surface area (Å²) >= 11 is 6.59. The average Bonchev–Trinajstić information content (AvgIpc) is 3.09. The van der Waals surface area contributed by atoms with Crippen LogP contribution in [0.3, 0.4) is 0 Å². The van der Waals surface area contributed by atoms with Crippen molar-refractivity contribution in [1.29, 1.82) is 0 Å². The smallest absolute Gasteiger partial charge is 0.140 e. The van der Waals surface area contributed by atoms with Crippen molar-refractivity contribution in [2.45, 2.75) is 69.1 Å². The van der Waals surface area contributed by atoms with Crippen molar-refractivity contribution in [3.63, 3.8) is 0 Å². The minimum absolute atomic E-state index is 0.127. The molecule has 1 aromatic carbocycles. The molecule has 2 saturated carbocycles. The fourth-order valence-corrected chi connectivity index (χ4v) is 4.82. The van der Waals surface area contributed by atoms with Crippen LogP contribution in [-0.2, 0) is 5.41 Å². The van der Waals surface area contributed by atoms with Gasteiger partial charge in [-0.25, -0.2) is 0 Å². The zero-order valence-electron chi connectivity index (χ0n) is 13.7. The van der Waals surface area contributed by atoms with Gasteiger partial charge in [-0.15, -0.1) is 0 Å². The topological polar surface area (TPSA) is 35.2 Å². The molecule has 22 heavy (non-hydrogen) atoms. The molecule has 2 N–H and O–H groups in total. The summed E-state index contributed by atoms with van der Waals surface area (Å²) in [7, 11) is 1.73. The van der Waals surface area contributed by atoms with Crippen LogP contribution in [0.4, 0.5) is 0 Å². The van der Waals surface area contributed by atoms with Crippen LogP contribution in [0.2, 0.25) is 5.02 Å². The molecule has 0 radical (unpaired) electrons. The molecule has 0 saturated heterocycles. The van der Waals surface area contributed by atoms with Crippen molar-refractivity contribution < 1.29 is 4.74 Å². The maximum absolute atomic E-state index is 6.59. The molecule has 2 nitrogen and oxygen atoms in total. The van der Waals surface area contributed by atoms with Crippen LogP contribution < -0.4 is 10.5 Å². The lowest BCUT2D eigenvalue weighted by atomic mass is 9.69. The summed E-state index contributed by atoms with van der Waals surface area (Å²) in [5.41, 5.74) is 9.02. The molecule has 1 aromatic rings. The highest BCUT2D eigenvalue weighted by Crippen LogP contribution is 2.46. The van der Waals surface area contributed by atoms with Crippen molar-refractivity contribution in [2.75, 3.05) is 13.7 Å². The van der Waals surface area contributed by atoms with Crippen LogP contribution in [-0.4, -0.2) is 13.7 Å². The van der Waals surface area contributed by atoms with Gasteiger partial charge in [0, 0.05) is 12.0 Å². The Kier molecular flexibility index (Phi) is 4.99. The van der Waals surface area contributed by atoms with Gasteiger partial charge in [-0.2, -0.15) is 0 Å². The summed E-state index contributed by atoms with van der Waals surface area (Å²) in [5.74, 6) is 1.49. The van der Waals surface area contributed by atoms with E-state index < -0.39 is 0 Å². The van der Waals surface area contributed by atoms with E-state index in [-0.39, 0.29) is 5.41 Å². The standard InChI is InChI=1S/C19H28ClNO/c1-22-18-16(14-7-3-4-8-14)11-15(12-17(18)20)19(13-21)9-5-2-6-10-19/h11-12,14H,2-10,13,21H2,1H3. The quantitative estimate of drug-likeness (QED) is 0.830. The highest BCUT2D eigenvalue weighted by atomic mass is 35.5. The number of ether oxygens (including phenoxy) is 1. The largest absolute Gasteiger partial charge is 0.495 e. The molecule has 0 spiro atoms. The van der Waals surface area contributed by atoms with E-state index in [1.165, 1.54) is 68.9 Å². The van der Waals surface area contributed by atoms with E-state index >= 15 is 0 Å². The number of benzene rings is 1. The van der Waals surface area contributed by atoms with Gasteiger partial charge in [-0.3, -0.25) is 0 Å². The normalized spacial score (nSPS) is 22.0. The van der Waals surface area contributed by atoms with E-state index in [2.05, 4.69) is 12.1 Å². The molecule has 122 valence electrons. The van der Waals surface area contributed by atoms with Crippen LogP contribution in [0.15, 0.2) is 12.1 Å². The van der Waals surface area contributed by atoms with Crippen LogP contribution in [0.5, 0.6) is 5.75 Å². The Bertz CT molecular complexity index is 516. The third-order valence-electron chi connectivity index (χ3n) is 5.89. The Hall–Kier alpha value is -0.730. The van der Waals surface area contributed by atoms with Crippen molar-refractivity contribution in [1.82, 2.24) is 0 Å². The molecule has 0 bridgehead atoms. The Labute approximate surface area is 139 Å². The Morgan fingerprint density at radius 2 is 1.82 bits per heavy atom. The number of rotatable bonds is 4. The van der Waals surface area contributed by atoms with Gasteiger partial charge < -0.3 is 10.5 Å². The number of nitrogens with two attached hydrogens (primary N) is 1. The molecular formula is C19H28ClNO. The van der Waals surface area contributed by atoms with Gasteiger partial charge in [0.1, 0.15) is 5.75 Å². The van der Waals surface area contributed by atoms with Gasteiger partial charge in [-0.1, -0.05) is 49.8 Å². The van der Waals surface area contributed by atoms with Gasteiger partial charge in [0.25, 0.3) is 0 Å². The molecule has 0 unspecified atom stereocenters. The van der Waals surface area contributed by atoms with E-state index in [0.29, 0.717) is 5.92 Å². The van der Waals surface area contributed by atoms with E-state index in [4.69, 9.17) is 22.1 Å². The zero-order chi connectivity index (χ0) is 15.6. The maximum atomic E-state index is 6.59. The molecule has 0 aliphatic heterocycles. The number of methoxy groups -OCH3 is 1. The number of hydrogen-bond acceptors (Lipinski definition) is 2. The Balaban J connectivity index is 2.04. The molecular weight excluding hydrogens is 294 g/mol. The van der Waals surface area contributed by atoms with Crippen LogP contribution in [0.1, 0.15) is 74.8 Å². The summed E-state index contributed by atoms with van der Waals surface area (Å²) in [6.45, 7) is 0.722. The monoisotopic (exact) mass is 321 g/mol. The lowest BCUT2D eigenvalue weighted by Gasteiger charge is -2.37. The van der Waals surface area contributed by atoms with E-state index in [0.717, 1.165) is 17.3 Å². The molecule has 0 amide bonds. The third kappa shape index (κ3) is 2.88. The van der Waals surface area contributed by atoms with Crippen LogP contribution in [0, 0.1) is 0 Å². The van der Waals surface area contributed by atoms with Gasteiger partial charge >= 0.3 is 0 Å². The molecule has 0 atom stereocenters. The fraction of sp³-hybridized carbons (Fsp3) is 0.684. The second kappa shape index (κ2) is 6.80. The predicted molar refractivity (Wildman–Crippen MR) is 93.0 cm³/mol. The van der Waals surface area contributed by atoms with Gasteiger partial charge in [0.05, 0.1) is 12.1 Å². The first-order valence-electron chi connectivity index (χ1n) is 8.78. The molecule has 2 aliphatic rings. The van der Waals surface area contributed by atoms with Gasteiger partial charge in [-0.05, 0) is 48.8 Å². The predicted octanol–water partition coefficient (Wildman–Crippen LogP) is 5.17. The summed E-state index contributed by atoms with van der Waals surface area (Å²) in [4.78, 5) is 0. The first kappa shape index (κ1) is 16.1. The van der Waals surface area contributed by atoms with Crippen molar-refractivity contribution in [3.8, 4) is 5.75 Å². The van der Waals surface area contributed by atoms with Gasteiger partial charge in [0.2, 0.25) is 0 Å². The Morgan fingerprint density at radius 3 is 2.41 bits per heavy atom. The summed E-state index contributed by atoms with van der Waals surface area (Å²) in [6.07, 6.45) is 11.4. The second-order valence-electron chi connectivity index (χ2n) is 7.11. The molecule has 3 heteroatoms. The average molecular weight is 322 g/mol. The SMILES string of the molecule is COc1c(Cl)cc(C2(CN)CCCCC2)cc1C1CCCC1. The summed E-state index contributed by atoms with van der Waals surface area (Å²) in [5, 5.41) is 0.764. The summed E-state index contributed by atoms with van der Waals surface area (Å²) < 4.78 is 5.63. The van der Waals surface area contributed by atoms with Gasteiger partial charge in [0.15, 0.2) is 0 Å².